The summed E-state index contributed by atoms with van der Waals surface area (Å²) < 4.78 is 0. The molecular formula is C30H50O2. The average molecular weight is 443 g/mol. The van der Waals surface area contributed by atoms with Crippen molar-refractivity contribution in [3.8, 4) is 0 Å². The van der Waals surface area contributed by atoms with E-state index in [1.165, 1.54) is 38.5 Å². The van der Waals surface area contributed by atoms with E-state index in [4.69, 9.17) is 0 Å². The molecule has 10 atom stereocenters. The fourth-order valence-corrected chi connectivity index (χ4v) is 10.2. The Balaban J connectivity index is 1.58. The third-order valence-corrected chi connectivity index (χ3v) is 12.7. The van der Waals surface area contributed by atoms with Gasteiger partial charge in [-0.3, -0.25) is 4.79 Å². The molecule has 0 amide bonds. The minimum absolute atomic E-state index is 0.203. The first-order chi connectivity index (χ1) is 14.8. The number of ketones is 1. The van der Waals surface area contributed by atoms with E-state index < -0.39 is 0 Å². The topological polar surface area (TPSA) is 37.3 Å². The molecule has 4 aliphatic rings. The average Bonchev–Trinajstić information content (AvgIpc) is 3.00. The maximum absolute atomic E-state index is 12.7. The van der Waals surface area contributed by atoms with Gasteiger partial charge >= 0.3 is 0 Å². The minimum Gasteiger partial charge on any atom is -0.389 e. The van der Waals surface area contributed by atoms with Crippen molar-refractivity contribution in [3.63, 3.8) is 0 Å². The summed E-state index contributed by atoms with van der Waals surface area (Å²) in [6, 6.07) is 0. The third kappa shape index (κ3) is 3.24. The molecule has 4 rings (SSSR count). The van der Waals surface area contributed by atoms with Gasteiger partial charge in [0.25, 0.3) is 0 Å². The molecule has 32 heavy (non-hydrogen) atoms. The molecular weight excluding hydrogens is 392 g/mol. The number of aliphatic hydroxyl groups is 1. The van der Waals surface area contributed by atoms with Crippen LogP contribution in [0.3, 0.4) is 0 Å². The Bertz CT molecular complexity index is 771. The summed E-state index contributed by atoms with van der Waals surface area (Å²) in [5.74, 6) is 3.65. The molecule has 0 spiro atoms. The summed E-state index contributed by atoms with van der Waals surface area (Å²) in [5.41, 5.74) is 2.28. The van der Waals surface area contributed by atoms with Gasteiger partial charge in [-0.15, -0.1) is 0 Å². The van der Waals surface area contributed by atoms with Gasteiger partial charge in [-0.25, -0.2) is 0 Å². The summed E-state index contributed by atoms with van der Waals surface area (Å²) in [5, 5.41) is 10.3. The van der Waals surface area contributed by atoms with Crippen LogP contribution in [-0.4, -0.2) is 17.0 Å². The van der Waals surface area contributed by atoms with E-state index in [2.05, 4.69) is 48.1 Å². The van der Waals surface area contributed by atoms with Crippen molar-refractivity contribution in [3.05, 3.63) is 12.2 Å². The zero-order valence-corrected chi connectivity index (χ0v) is 22.1. The van der Waals surface area contributed by atoms with Crippen molar-refractivity contribution in [1.29, 1.82) is 0 Å². The molecule has 1 N–H and O–H groups in total. The first kappa shape index (κ1) is 24.5. The lowest BCUT2D eigenvalue weighted by Gasteiger charge is -2.69. The van der Waals surface area contributed by atoms with Gasteiger partial charge in [0.15, 0.2) is 0 Å². The molecule has 2 heteroatoms. The van der Waals surface area contributed by atoms with Crippen LogP contribution < -0.4 is 0 Å². The fourth-order valence-electron chi connectivity index (χ4n) is 10.2. The molecule has 4 saturated carbocycles. The quantitative estimate of drug-likeness (QED) is 0.445. The maximum atomic E-state index is 12.7. The number of rotatable bonds is 5. The molecule has 4 fully saturated rings. The molecule has 0 bridgehead atoms. The first-order valence-corrected chi connectivity index (χ1v) is 13.7. The highest BCUT2D eigenvalue weighted by Gasteiger charge is 2.69. The van der Waals surface area contributed by atoms with Crippen molar-refractivity contribution in [2.24, 2.45) is 51.2 Å². The SMILES string of the molecule is C=C(C)[C@@H](O)CC[C@@H](C)[C@H]1CC[C@@]2(C)[C@@H]3CC[C@@]4(C)[C@H](CCC(=O)[C@@H]4C)[C@]3(C)CC[C@]12C. The highest BCUT2D eigenvalue weighted by Crippen LogP contribution is 2.76. The Morgan fingerprint density at radius 1 is 0.969 bits per heavy atom. The molecule has 0 unspecified atom stereocenters. The molecule has 0 saturated heterocycles. The molecule has 2 nitrogen and oxygen atoms in total. The van der Waals surface area contributed by atoms with Crippen LogP contribution in [0.2, 0.25) is 0 Å². The van der Waals surface area contributed by atoms with Gasteiger partial charge in [-0.05, 0) is 110 Å². The third-order valence-electron chi connectivity index (χ3n) is 12.7. The Morgan fingerprint density at radius 2 is 1.66 bits per heavy atom. The lowest BCUT2D eigenvalue weighted by Crippen LogP contribution is -2.62. The largest absolute Gasteiger partial charge is 0.389 e. The van der Waals surface area contributed by atoms with Crippen molar-refractivity contribution in [2.45, 2.75) is 119 Å². The molecule has 4 aliphatic carbocycles. The molecule has 0 aromatic heterocycles. The number of carbonyl (C=O) groups is 1. The standard InChI is InChI=1S/C30H50O2/c1-19(2)23(31)10-9-20(3)22-13-16-30(8)26-14-15-27(5)21(4)24(32)11-12-25(27)28(26,6)17-18-29(22,30)7/h20-23,25-26,31H,1,9-18H2,2-8H3/t20-,21+,22-,23+,25+,26-,27-,28+,29-,30+/m1/s1. The van der Waals surface area contributed by atoms with Gasteiger partial charge in [-0.2, -0.15) is 0 Å². The van der Waals surface area contributed by atoms with Gasteiger partial charge in [-0.1, -0.05) is 53.7 Å². The molecule has 182 valence electrons. The molecule has 0 aromatic carbocycles. The lowest BCUT2D eigenvalue weighted by molar-refractivity contribution is -0.202. The Kier molecular flexibility index (Phi) is 6.09. The summed E-state index contributed by atoms with van der Waals surface area (Å²) in [6.07, 6.45) is 11.5. The summed E-state index contributed by atoms with van der Waals surface area (Å²) >= 11 is 0. The van der Waals surface area contributed by atoms with E-state index in [1.54, 1.807) is 0 Å². The van der Waals surface area contributed by atoms with Gasteiger partial charge in [0, 0.05) is 12.3 Å². The smallest absolute Gasteiger partial charge is 0.136 e. The van der Waals surface area contributed by atoms with Gasteiger partial charge in [0.1, 0.15) is 5.78 Å². The monoisotopic (exact) mass is 442 g/mol. The number of hydrogen-bond acceptors (Lipinski definition) is 2. The van der Waals surface area contributed by atoms with Crippen molar-refractivity contribution in [2.75, 3.05) is 0 Å². The molecule has 0 radical (unpaired) electrons. The Hall–Kier alpha value is -0.630. The van der Waals surface area contributed by atoms with Gasteiger partial charge < -0.3 is 5.11 Å². The predicted molar refractivity (Wildman–Crippen MR) is 133 cm³/mol. The zero-order chi connectivity index (χ0) is 23.7. The van der Waals surface area contributed by atoms with E-state index in [1.807, 2.05) is 6.92 Å². The second-order valence-electron chi connectivity index (χ2n) is 13.8. The van der Waals surface area contributed by atoms with E-state index >= 15 is 0 Å². The predicted octanol–water partition coefficient (Wildman–Crippen LogP) is 7.59. The van der Waals surface area contributed by atoms with E-state index in [9.17, 15) is 9.90 Å². The Morgan fingerprint density at radius 3 is 2.31 bits per heavy atom. The second-order valence-corrected chi connectivity index (χ2v) is 13.8. The zero-order valence-electron chi connectivity index (χ0n) is 22.1. The minimum atomic E-state index is -0.347. The molecule has 0 aliphatic heterocycles. The highest BCUT2D eigenvalue weighted by atomic mass is 16.3. The van der Waals surface area contributed by atoms with Crippen LogP contribution in [0.1, 0.15) is 113 Å². The van der Waals surface area contributed by atoms with E-state index in [0.29, 0.717) is 33.9 Å². The summed E-state index contributed by atoms with van der Waals surface area (Å²) in [6.45, 7) is 21.0. The number of Topliss-reactive ketones (excluding diaryl/α,β-unsaturated/α-hetero) is 1. The molecule has 0 aromatic rings. The fraction of sp³-hybridized carbons (Fsp3) is 0.900. The van der Waals surface area contributed by atoms with Crippen molar-refractivity contribution in [1.82, 2.24) is 0 Å². The second kappa shape index (κ2) is 7.96. The number of aliphatic hydroxyl groups excluding tert-OH is 1. The summed E-state index contributed by atoms with van der Waals surface area (Å²) in [4.78, 5) is 12.7. The molecule has 0 heterocycles. The number of hydrogen-bond donors (Lipinski definition) is 1. The van der Waals surface area contributed by atoms with Crippen LogP contribution in [0, 0.1) is 51.2 Å². The van der Waals surface area contributed by atoms with Crippen LogP contribution >= 0.6 is 0 Å². The number of carbonyl (C=O) groups excluding carboxylic acids is 1. The van der Waals surface area contributed by atoms with Crippen molar-refractivity contribution >= 4 is 5.78 Å². The summed E-state index contributed by atoms with van der Waals surface area (Å²) in [7, 11) is 0. The normalized spacial score (nSPS) is 50.2. The van der Waals surface area contributed by atoms with Crippen LogP contribution in [-0.2, 0) is 4.79 Å². The lowest BCUT2D eigenvalue weighted by atomic mass is 9.35. The van der Waals surface area contributed by atoms with Crippen molar-refractivity contribution < 1.29 is 9.90 Å². The van der Waals surface area contributed by atoms with Gasteiger partial charge in [0.05, 0.1) is 6.10 Å². The van der Waals surface area contributed by atoms with Crippen LogP contribution in [0.15, 0.2) is 12.2 Å². The first-order valence-electron chi connectivity index (χ1n) is 13.7. The highest BCUT2D eigenvalue weighted by molar-refractivity contribution is 5.82. The number of fused-ring (bicyclic) bond motifs is 5. The maximum Gasteiger partial charge on any atom is 0.136 e. The van der Waals surface area contributed by atoms with Crippen LogP contribution in [0.4, 0.5) is 0 Å². The van der Waals surface area contributed by atoms with Gasteiger partial charge in [0.2, 0.25) is 0 Å². The Labute approximate surface area is 198 Å². The van der Waals surface area contributed by atoms with E-state index in [0.717, 1.165) is 43.1 Å². The van der Waals surface area contributed by atoms with Crippen LogP contribution in [0.5, 0.6) is 0 Å². The van der Waals surface area contributed by atoms with E-state index in [-0.39, 0.29) is 17.4 Å². The van der Waals surface area contributed by atoms with Crippen LogP contribution in [0.25, 0.3) is 0 Å².